The number of aromatic carboxylic acids is 1. The number of ether oxygens (including phenoxy) is 1. The zero-order chi connectivity index (χ0) is 30.3. The fourth-order valence-electron chi connectivity index (χ4n) is 5.52. The maximum atomic E-state index is 13.4. The number of nitrogens with one attached hydrogen (secondary N) is 2. The maximum absolute atomic E-state index is 13.4. The first kappa shape index (κ1) is 29.8. The summed E-state index contributed by atoms with van der Waals surface area (Å²) in [6.45, 7) is 3.35. The fraction of sp³-hybridized carbons (Fsp3) is 0.414. The number of hydrogen-bond donors (Lipinski definition) is 3. The minimum Gasteiger partial charge on any atom is -0.478 e. The molecular formula is C29H31F3N4O5S. The van der Waals surface area contributed by atoms with E-state index < -0.39 is 34.6 Å². The standard InChI is InChI=1S/C29H31F3N4O5S/c1-17-5-3-6-18(2)25(17)23-12-24(41-16-21(15-29(30,31)32)33-20-13-28(14-20)9-10-28)35-27(34-23)36-42(39,40)22-8-4-7-19(11-22)26(37)38/h3-8,11-12,20-21,33H,9-10,13-16H2,1-2H3,(H,37,38)(H,34,35,36). The Hall–Kier alpha value is -3.71. The van der Waals surface area contributed by atoms with Crippen molar-refractivity contribution in [1.29, 1.82) is 0 Å². The molecule has 2 aliphatic rings. The molecule has 5 rings (SSSR count). The summed E-state index contributed by atoms with van der Waals surface area (Å²) in [7, 11) is -4.33. The topological polar surface area (TPSA) is 131 Å². The second kappa shape index (κ2) is 11.2. The van der Waals surface area contributed by atoms with E-state index in [1.54, 1.807) is 0 Å². The van der Waals surface area contributed by atoms with E-state index in [4.69, 9.17) is 4.74 Å². The maximum Gasteiger partial charge on any atom is 0.390 e. The third-order valence-electron chi connectivity index (χ3n) is 7.75. The van der Waals surface area contributed by atoms with Gasteiger partial charge in [-0.2, -0.15) is 18.2 Å². The average molecular weight is 605 g/mol. The minimum atomic E-state index is -4.41. The highest BCUT2D eigenvalue weighted by Crippen LogP contribution is 2.60. The number of carboxylic acids is 1. The van der Waals surface area contributed by atoms with E-state index in [0.717, 1.165) is 42.9 Å². The highest BCUT2D eigenvalue weighted by molar-refractivity contribution is 7.92. The number of hydrogen-bond acceptors (Lipinski definition) is 7. The molecule has 2 saturated carbocycles. The molecule has 0 saturated heterocycles. The first-order valence-electron chi connectivity index (χ1n) is 13.5. The minimum absolute atomic E-state index is 0.0111. The molecule has 1 unspecified atom stereocenters. The van der Waals surface area contributed by atoms with E-state index in [1.807, 2.05) is 32.0 Å². The molecule has 42 heavy (non-hydrogen) atoms. The van der Waals surface area contributed by atoms with Crippen molar-refractivity contribution in [1.82, 2.24) is 15.3 Å². The van der Waals surface area contributed by atoms with Gasteiger partial charge in [-0.1, -0.05) is 24.3 Å². The van der Waals surface area contributed by atoms with Crippen molar-refractivity contribution in [2.45, 2.75) is 69.1 Å². The molecule has 0 radical (unpaired) electrons. The normalized spacial score (nSPS) is 17.0. The highest BCUT2D eigenvalue weighted by atomic mass is 32.2. The van der Waals surface area contributed by atoms with Crippen LogP contribution in [0.25, 0.3) is 11.3 Å². The first-order chi connectivity index (χ1) is 19.7. The number of anilines is 1. The Balaban J connectivity index is 1.43. The number of aryl methyl sites for hydroxylation is 2. The summed E-state index contributed by atoms with van der Waals surface area (Å²) in [4.78, 5) is 19.6. The Labute approximate surface area is 241 Å². The van der Waals surface area contributed by atoms with Crippen LogP contribution in [0.1, 0.15) is 53.6 Å². The summed E-state index contributed by atoms with van der Waals surface area (Å²) in [6, 6.07) is 10.7. The van der Waals surface area contributed by atoms with Crippen molar-refractivity contribution in [3.05, 3.63) is 65.2 Å². The zero-order valence-electron chi connectivity index (χ0n) is 23.0. The first-order valence-corrected chi connectivity index (χ1v) is 15.0. The van der Waals surface area contributed by atoms with Gasteiger partial charge in [-0.15, -0.1) is 0 Å². The summed E-state index contributed by atoms with van der Waals surface area (Å²) >= 11 is 0. The van der Waals surface area contributed by atoms with Gasteiger partial charge in [0.05, 0.1) is 28.6 Å². The third-order valence-corrected chi connectivity index (χ3v) is 9.08. The number of rotatable bonds is 11. The van der Waals surface area contributed by atoms with Gasteiger partial charge in [-0.3, -0.25) is 0 Å². The average Bonchev–Trinajstić information content (AvgIpc) is 3.67. The smallest absolute Gasteiger partial charge is 0.390 e. The molecule has 224 valence electrons. The lowest BCUT2D eigenvalue weighted by Gasteiger charge is -2.39. The van der Waals surface area contributed by atoms with E-state index in [9.17, 15) is 31.5 Å². The Morgan fingerprint density at radius 3 is 2.38 bits per heavy atom. The molecule has 2 fully saturated rings. The second-order valence-electron chi connectivity index (χ2n) is 11.2. The van der Waals surface area contributed by atoms with Crippen LogP contribution in [-0.4, -0.2) is 54.3 Å². The number of aromatic nitrogens is 2. The van der Waals surface area contributed by atoms with Crippen LogP contribution in [0.5, 0.6) is 5.88 Å². The lowest BCUT2D eigenvalue weighted by atomic mass is 9.76. The molecule has 0 bridgehead atoms. The molecule has 0 amide bonds. The number of halogens is 3. The lowest BCUT2D eigenvalue weighted by Crippen LogP contribution is -2.50. The largest absolute Gasteiger partial charge is 0.478 e. The Morgan fingerprint density at radius 2 is 1.76 bits per heavy atom. The molecule has 3 N–H and O–H groups in total. The van der Waals surface area contributed by atoms with E-state index in [1.165, 1.54) is 24.3 Å². The van der Waals surface area contributed by atoms with Gasteiger partial charge in [0, 0.05) is 17.7 Å². The number of benzene rings is 2. The molecule has 1 spiro atoms. The quantitative estimate of drug-likeness (QED) is 0.262. The van der Waals surface area contributed by atoms with Gasteiger partial charge < -0.3 is 15.2 Å². The zero-order valence-corrected chi connectivity index (χ0v) is 23.8. The van der Waals surface area contributed by atoms with E-state index in [2.05, 4.69) is 20.0 Å². The Morgan fingerprint density at radius 1 is 1.10 bits per heavy atom. The number of carboxylic acid groups (broad SMARTS) is 1. The van der Waals surface area contributed by atoms with Gasteiger partial charge in [0.1, 0.15) is 6.61 Å². The molecule has 1 heterocycles. The molecule has 1 aromatic heterocycles. The summed E-state index contributed by atoms with van der Waals surface area (Å²) in [5.74, 6) is -1.78. The van der Waals surface area contributed by atoms with Crippen molar-refractivity contribution in [3.63, 3.8) is 0 Å². The van der Waals surface area contributed by atoms with Gasteiger partial charge in [0.15, 0.2) is 0 Å². The molecule has 1 atom stereocenters. The van der Waals surface area contributed by atoms with E-state index in [-0.39, 0.29) is 34.9 Å². The number of sulfonamides is 1. The molecule has 2 aromatic carbocycles. The summed E-state index contributed by atoms with van der Waals surface area (Å²) in [5.41, 5.74) is 2.74. The van der Waals surface area contributed by atoms with Gasteiger partial charge in [0.25, 0.3) is 10.0 Å². The van der Waals surface area contributed by atoms with Crippen molar-refractivity contribution < 1.29 is 36.2 Å². The predicted molar refractivity (Wildman–Crippen MR) is 149 cm³/mol. The molecule has 2 aliphatic carbocycles. The van der Waals surface area contributed by atoms with Gasteiger partial charge in [-0.25, -0.2) is 22.9 Å². The molecule has 3 aromatic rings. The van der Waals surface area contributed by atoms with Crippen LogP contribution < -0.4 is 14.8 Å². The highest BCUT2D eigenvalue weighted by Gasteiger charge is 2.53. The van der Waals surface area contributed by atoms with Crippen molar-refractivity contribution >= 4 is 21.9 Å². The van der Waals surface area contributed by atoms with Crippen LogP contribution in [0.2, 0.25) is 0 Å². The number of carbonyl (C=O) groups is 1. The second-order valence-corrected chi connectivity index (χ2v) is 12.9. The monoisotopic (exact) mass is 604 g/mol. The Kier molecular flexibility index (Phi) is 7.92. The summed E-state index contributed by atoms with van der Waals surface area (Å²) < 4.78 is 74.5. The fourth-order valence-corrected chi connectivity index (χ4v) is 6.51. The van der Waals surface area contributed by atoms with Gasteiger partial charge in [0.2, 0.25) is 11.8 Å². The SMILES string of the molecule is Cc1cccc(C)c1-c1cc(OCC(CC(F)(F)F)NC2CC3(CC3)C2)nc(NS(=O)(=O)c2cccc(C(=O)O)c2)n1. The summed E-state index contributed by atoms with van der Waals surface area (Å²) in [5, 5.41) is 12.3. The van der Waals surface area contributed by atoms with Crippen LogP contribution in [0, 0.1) is 19.3 Å². The number of nitrogens with zero attached hydrogens (tertiary/aromatic N) is 2. The van der Waals surface area contributed by atoms with Crippen molar-refractivity contribution in [2.24, 2.45) is 5.41 Å². The van der Waals surface area contributed by atoms with Gasteiger partial charge >= 0.3 is 12.1 Å². The van der Waals surface area contributed by atoms with Crippen LogP contribution in [0.15, 0.2) is 53.4 Å². The van der Waals surface area contributed by atoms with Crippen molar-refractivity contribution in [2.75, 3.05) is 11.3 Å². The van der Waals surface area contributed by atoms with E-state index >= 15 is 0 Å². The van der Waals surface area contributed by atoms with Crippen LogP contribution in [-0.2, 0) is 10.0 Å². The van der Waals surface area contributed by atoms with E-state index in [0.29, 0.717) is 16.7 Å². The summed E-state index contributed by atoms with van der Waals surface area (Å²) in [6.07, 6.45) is -1.58. The van der Waals surface area contributed by atoms with Crippen LogP contribution >= 0.6 is 0 Å². The number of alkyl halides is 3. The lowest BCUT2D eigenvalue weighted by molar-refractivity contribution is -0.142. The third kappa shape index (κ3) is 7.01. The molecule has 9 nitrogen and oxygen atoms in total. The molecule has 13 heteroatoms. The predicted octanol–water partition coefficient (Wildman–Crippen LogP) is 5.49. The molecule has 0 aliphatic heterocycles. The Bertz CT molecular complexity index is 1580. The molecular weight excluding hydrogens is 573 g/mol. The van der Waals surface area contributed by atoms with Crippen molar-refractivity contribution in [3.8, 4) is 17.1 Å². The van der Waals surface area contributed by atoms with Crippen LogP contribution in [0.3, 0.4) is 0 Å². The van der Waals surface area contributed by atoms with Gasteiger partial charge in [-0.05, 0) is 74.3 Å². The van der Waals surface area contributed by atoms with Crippen LogP contribution in [0.4, 0.5) is 19.1 Å².